The number of fused-ring (bicyclic) bond motifs is 5. The predicted molar refractivity (Wildman–Crippen MR) is 305 cm³/mol. The minimum Gasteiger partial charge on any atom is -0.456 e. The van der Waals surface area contributed by atoms with Crippen molar-refractivity contribution in [1.29, 1.82) is 0 Å². The van der Waals surface area contributed by atoms with Crippen LogP contribution in [-0.2, 0) is 16.2 Å². The van der Waals surface area contributed by atoms with Crippen LogP contribution in [0, 0.1) is 0 Å². The maximum Gasteiger partial charge on any atom is 0.136 e. The van der Waals surface area contributed by atoms with Gasteiger partial charge in [0, 0.05) is 44.6 Å². The number of anilines is 6. The lowest BCUT2D eigenvalue weighted by Crippen LogP contribution is -2.14. The van der Waals surface area contributed by atoms with Crippen LogP contribution in [0.25, 0.3) is 65.7 Å². The molecule has 0 aliphatic heterocycles. The van der Waals surface area contributed by atoms with E-state index in [9.17, 15) is 0 Å². The first-order chi connectivity index (χ1) is 34.1. The third-order valence-corrected chi connectivity index (χ3v) is 14.3. The van der Waals surface area contributed by atoms with Crippen molar-refractivity contribution in [2.24, 2.45) is 0 Å². The van der Waals surface area contributed by atoms with Crippen molar-refractivity contribution >= 4 is 77.6 Å². The van der Waals surface area contributed by atoms with Gasteiger partial charge in [-0.05, 0) is 151 Å². The van der Waals surface area contributed by atoms with E-state index in [-0.39, 0.29) is 16.2 Å². The molecule has 0 aliphatic carbocycles. The van der Waals surface area contributed by atoms with E-state index in [1.54, 1.807) is 0 Å². The van der Waals surface area contributed by atoms with Crippen LogP contribution in [0.5, 0.6) is 0 Å². The normalized spacial score (nSPS) is 12.3. The van der Waals surface area contributed by atoms with E-state index < -0.39 is 0 Å². The number of nitrogens with zero attached hydrogens (tertiary/aromatic N) is 2. The topological polar surface area (TPSA) is 19.6 Å². The Hall–Kier alpha value is -7.88. The first-order valence-electron chi connectivity index (χ1n) is 25.1. The highest BCUT2D eigenvalue weighted by molar-refractivity contribution is 6.14. The third-order valence-electron chi connectivity index (χ3n) is 14.3. The number of benzene rings is 10. The summed E-state index contributed by atoms with van der Waals surface area (Å²) in [6.45, 7) is 20.4. The van der Waals surface area contributed by atoms with Crippen LogP contribution in [0.2, 0.25) is 0 Å². The van der Waals surface area contributed by atoms with Crippen molar-refractivity contribution in [3.8, 4) is 22.3 Å². The fourth-order valence-corrected chi connectivity index (χ4v) is 10.2. The fourth-order valence-electron chi connectivity index (χ4n) is 10.2. The van der Waals surface area contributed by atoms with Crippen LogP contribution in [0.3, 0.4) is 0 Å². The number of hydrogen-bond donors (Lipinski definition) is 0. The highest BCUT2D eigenvalue weighted by atomic mass is 16.3. The molecule has 3 nitrogen and oxygen atoms in total. The van der Waals surface area contributed by atoms with Gasteiger partial charge in [0.1, 0.15) is 11.2 Å². The second-order valence-corrected chi connectivity index (χ2v) is 22.4. The van der Waals surface area contributed by atoms with Gasteiger partial charge in [-0.3, -0.25) is 0 Å². The first kappa shape index (κ1) is 45.6. The van der Waals surface area contributed by atoms with E-state index in [1.165, 1.54) is 49.7 Å². The standard InChI is InChI=1S/C68H62N2O/c1-66(2,3)51-27-23-46(24-28-51)59-20-14-16-22-63(59)70(55-37-31-53(32-38-55)68(7,8)9)57-34-26-48-42-61-60-41-47-25-33-56(39-49(47)43-64(60)71-65(61)44-50(48)40-57)69(54-35-29-52(30-36-54)67(4,5)6)62-21-15-13-19-58(62)45-17-11-10-12-18-45/h10-44H,1-9H3. The van der Waals surface area contributed by atoms with Gasteiger partial charge in [0.15, 0.2) is 0 Å². The van der Waals surface area contributed by atoms with Crippen LogP contribution < -0.4 is 9.80 Å². The molecule has 350 valence electrons. The van der Waals surface area contributed by atoms with Crippen LogP contribution in [0.1, 0.15) is 79.0 Å². The summed E-state index contributed by atoms with van der Waals surface area (Å²) in [4.78, 5) is 4.80. The average molecular weight is 923 g/mol. The predicted octanol–water partition coefficient (Wildman–Crippen LogP) is 20.1. The summed E-state index contributed by atoms with van der Waals surface area (Å²) in [5.74, 6) is 0. The molecule has 0 saturated carbocycles. The SMILES string of the molecule is CC(C)(C)c1ccc(-c2ccccc2N(c2ccc(C(C)(C)C)cc2)c2ccc3cc4c(cc3c2)oc2cc3cc(N(c5ccc(C(C)(C)C)cc5)c5ccccc5-c5ccccc5)ccc3cc24)cc1. The van der Waals surface area contributed by atoms with E-state index >= 15 is 0 Å². The Labute approximate surface area is 419 Å². The summed E-state index contributed by atoms with van der Waals surface area (Å²) in [6, 6.07) is 78.2. The smallest absolute Gasteiger partial charge is 0.136 e. The maximum absolute atomic E-state index is 6.86. The molecule has 10 aromatic carbocycles. The van der Waals surface area contributed by atoms with Crippen molar-refractivity contribution in [3.05, 3.63) is 229 Å². The van der Waals surface area contributed by atoms with Crippen LogP contribution in [0.15, 0.2) is 217 Å². The molecule has 0 amide bonds. The Morgan fingerprint density at radius 1 is 0.296 bits per heavy atom. The molecule has 0 spiro atoms. The third kappa shape index (κ3) is 8.76. The van der Waals surface area contributed by atoms with Crippen molar-refractivity contribution in [2.75, 3.05) is 9.80 Å². The molecule has 0 atom stereocenters. The highest BCUT2D eigenvalue weighted by Gasteiger charge is 2.23. The molecule has 0 unspecified atom stereocenters. The number of rotatable bonds is 8. The fraction of sp³-hybridized carbons (Fsp3) is 0.176. The molecule has 3 heteroatoms. The van der Waals surface area contributed by atoms with Crippen molar-refractivity contribution in [3.63, 3.8) is 0 Å². The summed E-state index contributed by atoms with van der Waals surface area (Å²) in [6.07, 6.45) is 0. The lowest BCUT2D eigenvalue weighted by atomic mass is 9.86. The van der Waals surface area contributed by atoms with Gasteiger partial charge in [-0.15, -0.1) is 0 Å². The molecule has 71 heavy (non-hydrogen) atoms. The first-order valence-corrected chi connectivity index (χ1v) is 25.1. The Morgan fingerprint density at radius 2 is 0.648 bits per heavy atom. The molecule has 0 radical (unpaired) electrons. The minimum absolute atomic E-state index is 0.0408. The second-order valence-electron chi connectivity index (χ2n) is 22.4. The summed E-state index contributed by atoms with van der Waals surface area (Å²) in [7, 11) is 0. The average Bonchev–Trinajstić information content (AvgIpc) is 3.71. The summed E-state index contributed by atoms with van der Waals surface area (Å²) >= 11 is 0. The van der Waals surface area contributed by atoms with Crippen LogP contribution in [0.4, 0.5) is 34.1 Å². The lowest BCUT2D eigenvalue weighted by Gasteiger charge is -2.29. The van der Waals surface area contributed by atoms with Gasteiger partial charge in [-0.1, -0.05) is 190 Å². The van der Waals surface area contributed by atoms with Crippen molar-refractivity contribution < 1.29 is 4.42 Å². The van der Waals surface area contributed by atoms with Gasteiger partial charge in [0.25, 0.3) is 0 Å². The zero-order valence-corrected chi connectivity index (χ0v) is 42.5. The molecular formula is C68H62N2O. The molecule has 0 N–H and O–H groups in total. The van der Waals surface area contributed by atoms with Gasteiger partial charge < -0.3 is 14.2 Å². The van der Waals surface area contributed by atoms with Crippen molar-refractivity contribution in [1.82, 2.24) is 0 Å². The Morgan fingerprint density at radius 3 is 1.06 bits per heavy atom. The van der Waals surface area contributed by atoms with E-state index in [4.69, 9.17) is 4.42 Å². The molecule has 0 aliphatic rings. The molecule has 11 aromatic rings. The maximum atomic E-state index is 6.86. The Balaban J connectivity index is 1.02. The van der Waals surface area contributed by atoms with E-state index in [1.807, 2.05) is 0 Å². The molecule has 0 fully saturated rings. The molecule has 1 heterocycles. The second kappa shape index (κ2) is 17.5. The number of furan rings is 1. The molecule has 1 aromatic heterocycles. The van der Waals surface area contributed by atoms with E-state index in [2.05, 4.69) is 284 Å². The molecular weight excluding hydrogens is 861 g/mol. The summed E-state index contributed by atoms with van der Waals surface area (Å²) in [5.41, 5.74) is 17.2. The van der Waals surface area contributed by atoms with Gasteiger partial charge in [0.2, 0.25) is 0 Å². The zero-order chi connectivity index (χ0) is 49.2. The highest BCUT2D eigenvalue weighted by Crippen LogP contribution is 2.46. The summed E-state index contributed by atoms with van der Waals surface area (Å²) in [5, 5.41) is 6.80. The Bertz CT molecular complexity index is 3730. The number of hydrogen-bond acceptors (Lipinski definition) is 3. The van der Waals surface area contributed by atoms with E-state index in [0.29, 0.717) is 0 Å². The van der Waals surface area contributed by atoms with Gasteiger partial charge in [-0.25, -0.2) is 0 Å². The zero-order valence-electron chi connectivity index (χ0n) is 42.5. The van der Waals surface area contributed by atoms with Crippen LogP contribution in [-0.4, -0.2) is 0 Å². The minimum atomic E-state index is 0.0408. The lowest BCUT2D eigenvalue weighted by molar-refractivity contribution is 0.590. The number of para-hydroxylation sites is 2. The molecule has 0 saturated heterocycles. The quantitative estimate of drug-likeness (QED) is 0.151. The van der Waals surface area contributed by atoms with Gasteiger partial charge in [0.05, 0.1) is 11.4 Å². The van der Waals surface area contributed by atoms with Crippen molar-refractivity contribution in [2.45, 2.75) is 78.6 Å². The van der Waals surface area contributed by atoms with Crippen LogP contribution >= 0.6 is 0 Å². The van der Waals surface area contributed by atoms with Gasteiger partial charge >= 0.3 is 0 Å². The molecule has 0 bridgehead atoms. The van der Waals surface area contributed by atoms with Gasteiger partial charge in [-0.2, -0.15) is 0 Å². The van der Waals surface area contributed by atoms with E-state index in [0.717, 1.165) is 66.8 Å². The largest absolute Gasteiger partial charge is 0.456 e. The summed E-state index contributed by atoms with van der Waals surface area (Å²) < 4.78 is 6.86. The monoisotopic (exact) mass is 922 g/mol. The Kier molecular flexibility index (Phi) is 11.2. The molecule has 11 rings (SSSR count).